The summed E-state index contributed by atoms with van der Waals surface area (Å²) in [5.41, 5.74) is -3.64. The highest BCUT2D eigenvalue weighted by Gasteiger charge is 2.69. The lowest BCUT2D eigenvalue weighted by atomic mass is 9.92. The molecule has 0 radical (unpaired) electrons. The van der Waals surface area contributed by atoms with Crippen LogP contribution >= 0.6 is 0 Å². The molecule has 0 aromatic heterocycles. The standard InChI is InChI=1S/C9H10F5NO2/c1-2-17-6-4-7(16,3-5-15)8(10,11)9(12,13)14/h4,6,16H,2-3H2,1H3/b6-4+. The number of nitriles is 1. The third-order valence-electron chi connectivity index (χ3n) is 1.85. The van der Waals surface area contributed by atoms with E-state index in [-0.39, 0.29) is 12.7 Å². The van der Waals surface area contributed by atoms with Gasteiger partial charge in [0.05, 0.1) is 25.4 Å². The Labute approximate surface area is 94.1 Å². The van der Waals surface area contributed by atoms with Crippen molar-refractivity contribution < 1.29 is 31.8 Å². The summed E-state index contributed by atoms with van der Waals surface area (Å²) in [4.78, 5) is 0. The summed E-state index contributed by atoms with van der Waals surface area (Å²) in [6.45, 7) is 1.49. The van der Waals surface area contributed by atoms with E-state index >= 15 is 0 Å². The van der Waals surface area contributed by atoms with Gasteiger partial charge in [-0.2, -0.15) is 27.2 Å². The molecule has 0 aliphatic carbocycles. The van der Waals surface area contributed by atoms with Crippen LogP contribution < -0.4 is 0 Å². The molecule has 0 aromatic carbocycles. The Morgan fingerprint density at radius 2 is 1.82 bits per heavy atom. The zero-order chi connectivity index (χ0) is 13.7. The topological polar surface area (TPSA) is 53.2 Å². The predicted molar refractivity (Wildman–Crippen MR) is 46.9 cm³/mol. The van der Waals surface area contributed by atoms with Crippen LogP contribution in [0.5, 0.6) is 0 Å². The Kier molecular flexibility index (Phi) is 4.89. The number of rotatable bonds is 5. The van der Waals surface area contributed by atoms with Crippen LogP contribution in [0.2, 0.25) is 0 Å². The summed E-state index contributed by atoms with van der Waals surface area (Å²) in [5, 5.41) is 17.4. The van der Waals surface area contributed by atoms with E-state index < -0.39 is 24.1 Å². The largest absolute Gasteiger partial charge is 0.502 e. The zero-order valence-electron chi connectivity index (χ0n) is 8.76. The van der Waals surface area contributed by atoms with E-state index in [1.165, 1.54) is 6.92 Å². The van der Waals surface area contributed by atoms with Crippen molar-refractivity contribution in [3.05, 3.63) is 12.3 Å². The average Bonchev–Trinajstić information content (AvgIpc) is 2.16. The van der Waals surface area contributed by atoms with Crippen molar-refractivity contribution in [3.8, 4) is 6.07 Å². The molecule has 1 N–H and O–H groups in total. The molecule has 8 heteroatoms. The fourth-order valence-electron chi connectivity index (χ4n) is 0.897. The Hall–Kier alpha value is -1.36. The van der Waals surface area contributed by atoms with Crippen LogP contribution in [-0.4, -0.2) is 29.4 Å². The molecule has 17 heavy (non-hydrogen) atoms. The first kappa shape index (κ1) is 15.6. The molecule has 3 nitrogen and oxygen atoms in total. The minimum absolute atomic E-state index is 0.0245. The summed E-state index contributed by atoms with van der Waals surface area (Å²) < 4.78 is 66.6. The predicted octanol–water partition coefficient (Wildman–Crippen LogP) is 2.38. The Balaban J connectivity index is 5.28. The highest BCUT2D eigenvalue weighted by molar-refractivity contribution is 5.13. The van der Waals surface area contributed by atoms with E-state index in [0.29, 0.717) is 6.26 Å². The van der Waals surface area contributed by atoms with Crippen LogP contribution in [0.3, 0.4) is 0 Å². The van der Waals surface area contributed by atoms with E-state index in [9.17, 15) is 27.1 Å². The average molecular weight is 259 g/mol. The molecule has 0 saturated heterocycles. The van der Waals surface area contributed by atoms with Crippen LogP contribution in [0.25, 0.3) is 0 Å². The normalized spacial score (nSPS) is 16.6. The van der Waals surface area contributed by atoms with Gasteiger partial charge < -0.3 is 9.84 Å². The lowest BCUT2D eigenvalue weighted by molar-refractivity contribution is -0.330. The molecule has 98 valence electrons. The number of aliphatic hydroxyl groups is 1. The number of ether oxygens (including phenoxy) is 1. The number of nitrogens with zero attached hydrogens (tertiary/aromatic N) is 1. The van der Waals surface area contributed by atoms with E-state index in [1.807, 2.05) is 0 Å². The second-order valence-corrected chi connectivity index (χ2v) is 3.09. The third-order valence-corrected chi connectivity index (χ3v) is 1.85. The lowest BCUT2D eigenvalue weighted by Crippen LogP contribution is -2.55. The van der Waals surface area contributed by atoms with Crippen molar-refractivity contribution in [1.82, 2.24) is 0 Å². The minimum Gasteiger partial charge on any atom is -0.502 e. The molecule has 0 fully saturated rings. The first-order chi connectivity index (χ1) is 7.62. The quantitative estimate of drug-likeness (QED) is 0.609. The van der Waals surface area contributed by atoms with Gasteiger partial charge in [-0.15, -0.1) is 0 Å². The third kappa shape index (κ3) is 3.30. The van der Waals surface area contributed by atoms with Gasteiger partial charge in [-0.1, -0.05) is 0 Å². The van der Waals surface area contributed by atoms with Gasteiger partial charge in [0, 0.05) is 0 Å². The van der Waals surface area contributed by atoms with Gasteiger partial charge >= 0.3 is 12.1 Å². The van der Waals surface area contributed by atoms with E-state index in [0.717, 1.165) is 6.07 Å². The molecular weight excluding hydrogens is 249 g/mol. The Bertz CT molecular complexity index is 320. The summed E-state index contributed by atoms with van der Waals surface area (Å²) in [6.07, 6.45) is -6.73. The fraction of sp³-hybridized carbons (Fsp3) is 0.667. The van der Waals surface area contributed by atoms with Crippen LogP contribution in [0.1, 0.15) is 13.3 Å². The molecule has 0 aromatic rings. The second kappa shape index (κ2) is 5.31. The van der Waals surface area contributed by atoms with Gasteiger partial charge in [0.25, 0.3) is 0 Å². The Morgan fingerprint density at radius 1 is 1.29 bits per heavy atom. The summed E-state index contributed by atoms with van der Waals surface area (Å²) in [7, 11) is 0. The summed E-state index contributed by atoms with van der Waals surface area (Å²) in [6, 6.07) is 1.08. The number of hydrogen-bond acceptors (Lipinski definition) is 3. The maximum Gasteiger partial charge on any atom is 0.456 e. The maximum absolute atomic E-state index is 13.0. The highest BCUT2D eigenvalue weighted by Crippen LogP contribution is 2.45. The molecule has 0 aliphatic heterocycles. The molecule has 0 rings (SSSR count). The van der Waals surface area contributed by atoms with Crippen molar-refractivity contribution in [2.45, 2.75) is 31.0 Å². The van der Waals surface area contributed by atoms with Gasteiger partial charge in [-0.05, 0) is 13.0 Å². The first-order valence-electron chi connectivity index (χ1n) is 4.45. The van der Waals surface area contributed by atoms with Crippen LogP contribution in [-0.2, 0) is 4.74 Å². The van der Waals surface area contributed by atoms with Gasteiger partial charge in [0.2, 0.25) is 0 Å². The number of hydrogen-bond donors (Lipinski definition) is 1. The SMILES string of the molecule is CCO/C=C/C(O)(CC#N)C(F)(F)C(F)(F)F. The van der Waals surface area contributed by atoms with Crippen molar-refractivity contribution in [3.63, 3.8) is 0 Å². The van der Waals surface area contributed by atoms with Gasteiger partial charge in [0.15, 0.2) is 5.60 Å². The van der Waals surface area contributed by atoms with Gasteiger partial charge in [-0.25, -0.2) is 0 Å². The molecule has 1 atom stereocenters. The lowest BCUT2D eigenvalue weighted by Gasteiger charge is -2.32. The van der Waals surface area contributed by atoms with Crippen LogP contribution in [0.4, 0.5) is 22.0 Å². The molecule has 0 amide bonds. The summed E-state index contributed by atoms with van der Waals surface area (Å²) >= 11 is 0. The maximum atomic E-state index is 13.0. The van der Waals surface area contributed by atoms with E-state index in [1.54, 1.807) is 0 Å². The van der Waals surface area contributed by atoms with Crippen molar-refractivity contribution in [2.24, 2.45) is 0 Å². The van der Waals surface area contributed by atoms with E-state index in [4.69, 9.17) is 5.26 Å². The Morgan fingerprint density at radius 3 is 2.18 bits per heavy atom. The number of alkyl halides is 5. The second-order valence-electron chi connectivity index (χ2n) is 3.09. The molecule has 1 unspecified atom stereocenters. The number of halogens is 5. The van der Waals surface area contributed by atoms with Crippen LogP contribution in [0, 0.1) is 11.3 Å². The molecular formula is C9H10F5NO2. The first-order valence-corrected chi connectivity index (χ1v) is 4.45. The van der Waals surface area contributed by atoms with E-state index in [2.05, 4.69) is 4.74 Å². The fourth-order valence-corrected chi connectivity index (χ4v) is 0.897. The van der Waals surface area contributed by atoms with Crippen molar-refractivity contribution >= 4 is 0 Å². The zero-order valence-corrected chi connectivity index (χ0v) is 8.76. The molecule has 0 saturated carbocycles. The van der Waals surface area contributed by atoms with Gasteiger partial charge in [-0.3, -0.25) is 0 Å². The molecule has 0 aliphatic rings. The molecule has 0 heterocycles. The summed E-state index contributed by atoms with van der Waals surface area (Å²) in [5.74, 6) is -5.44. The monoisotopic (exact) mass is 259 g/mol. The minimum atomic E-state index is -5.96. The molecule has 0 bridgehead atoms. The molecule has 0 spiro atoms. The van der Waals surface area contributed by atoms with Crippen molar-refractivity contribution in [2.75, 3.05) is 6.61 Å². The van der Waals surface area contributed by atoms with Gasteiger partial charge in [0.1, 0.15) is 0 Å². The smallest absolute Gasteiger partial charge is 0.456 e. The van der Waals surface area contributed by atoms with Crippen molar-refractivity contribution in [1.29, 1.82) is 5.26 Å². The highest BCUT2D eigenvalue weighted by atomic mass is 19.4. The van der Waals surface area contributed by atoms with Crippen LogP contribution in [0.15, 0.2) is 12.3 Å².